The summed E-state index contributed by atoms with van der Waals surface area (Å²) in [7, 11) is 1.46. The van der Waals surface area contributed by atoms with Crippen LogP contribution in [0.5, 0.6) is 5.75 Å². The quantitative estimate of drug-likeness (QED) is 0.929. The summed E-state index contributed by atoms with van der Waals surface area (Å²) >= 11 is 3.29. The van der Waals surface area contributed by atoms with Crippen LogP contribution in [-0.2, 0) is 10.2 Å². The number of hydrogen-bond donors (Lipinski definition) is 1. The summed E-state index contributed by atoms with van der Waals surface area (Å²) in [5, 5.41) is 8.85. The van der Waals surface area contributed by atoms with Crippen LogP contribution in [0.1, 0.15) is 24.8 Å². The van der Waals surface area contributed by atoms with Gasteiger partial charge in [0, 0.05) is 11.5 Å². The van der Waals surface area contributed by atoms with Gasteiger partial charge in [0.25, 0.3) is 0 Å². The Balaban J connectivity index is 2.39. The molecule has 0 saturated heterocycles. The van der Waals surface area contributed by atoms with Gasteiger partial charge in [0.05, 0.1) is 18.0 Å². The van der Waals surface area contributed by atoms with Gasteiger partial charge in [0.15, 0.2) is 0 Å². The smallest absolute Gasteiger partial charge is 0.304 e. The van der Waals surface area contributed by atoms with Crippen molar-refractivity contribution in [1.82, 2.24) is 0 Å². The fourth-order valence-corrected chi connectivity index (χ4v) is 2.58. The van der Waals surface area contributed by atoms with E-state index in [1.165, 1.54) is 13.2 Å². The van der Waals surface area contributed by atoms with Crippen LogP contribution < -0.4 is 4.74 Å². The van der Waals surface area contributed by atoms with Crippen molar-refractivity contribution >= 4 is 21.9 Å². The van der Waals surface area contributed by atoms with E-state index in [1.54, 1.807) is 6.07 Å². The van der Waals surface area contributed by atoms with E-state index >= 15 is 0 Å². The monoisotopic (exact) mass is 302 g/mol. The predicted molar refractivity (Wildman–Crippen MR) is 63.8 cm³/mol. The van der Waals surface area contributed by atoms with Crippen LogP contribution in [0.3, 0.4) is 0 Å². The van der Waals surface area contributed by atoms with Crippen LogP contribution >= 0.6 is 15.9 Å². The third-order valence-corrected chi connectivity index (χ3v) is 3.78. The third kappa shape index (κ3) is 2.29. The highest BCUT2D eigenvalue weighted by molar-refractivity contribution is 9.10. The van der Waals surface area contributed by atoms with Gasteiger partial charge in [-0.1, -0.05) is 0 Å². The SMILES string of the molecule is COc1cc(F)c(C2(CC(=O)O)CC2)cc1Br. The molecule has 0 heterocycles. The van der Waals surface area contributed by atoms with E-state index in [9.17, 15) is 9.18 Å². The van der Waals surface area contributed by atoms with Gasteiger partial charge in [-0.2, -0.15) is 0 Å². The zero-order chi connectivity index (χ0) is 12.6. The Morgan fingerprint density at radius 2 is 2.24 bits per heavy atom. The molecule has 1 fully saturated rings. The highest BCUT2D eigenvalue weighted by atomic mass is 79.9. The van der Waals surface area contributed by atoms with Crippen LogP contribution in [0.25, 0.3) is 0 Å². The van der Waals surface area contributed by atoms with Crippen molar-refractivity contribution < 1.29 is 19.0 Å². The van der Waals surface area contributed by atoms with Crippen molar-refractivity contribution in [2.45, 2.75) is 24.7 Å². The van der Waals surface area contributed by atoms with Crippen molar-refractivity contribution in [2.24, 2.45) is 0 Å². The molecular formula is C12H12BrFO3. The maximum Gasteiger partial charge on any atom is 0.304 e. The van der Waals surface area contributed by atoms with E-state index in [2.05, 4.69) is 15.9 Å². The Morgan fingerprint density at radius 1 is 1.59 bits per heavy atom. The van der Waals surface area contributed by atoms with Gasteiger partial charge < -0.3 is 9.84 Å². The second kappa shape index (κ2) is 4.29. The van der Waals surface area contributed by atoms with Crippen molar-refractivity contribution in [2.75, 3.05) is 7.11 Å². The van der Waals surface area contributed by atoms with Crippen LogP contribution in [0.15, 0.2) is 16.6 Å². The van der Waals surface area contributed by atoms with Crippen LogP contribution in [0, 0.1) is 5.82 Å². The Morgan fingerprint density at radius 3 is 2.71 bits per heavy atom. The van der Waals surface area contributed by atoms with Crippen molar-refractivity contribution in [3.63, 3.8) is 0 Å². The van der Waals surface area contributed by atoms with Gasteiger partial charge in [-0.05, 0) is 40.4 Å². The number of carbonyl (C=O) groups is 1. The summed E-state index contributed by atoms with van der Waals surface area (Å²) in [6, 6.07) is 2.92. The lowest BCUT2D eigenvalue weighted by atomic mass is 9.92. The first-order valence-electron chi connectivity index (χ1n) is 5.24. The standard InChI is InChI=1S/C12H12BrFO3/c1-17-10-5-9(14)7(4-8(10)13)12(2-3-12)6-11(15)16/h4-5H,2-3,6H2,1H3,(H,15,16). The molecule has 2 rings (SSSR count). The molecule has 0 radical (unpaired) electrons. The van der Waals surface area contributed by atoms with E-state index in [0.29, 0.717) is 15.8 Å². The number of carboxylic acids is 1. The van der Waals surface area contributed by atoms with Gasteiger partial charge in [-0.3, -0.25) is 4.79 Å². The van der Waals surface area contributed by atoms with Crippen LogP contribution in [0.4, 0.5) is 4.39 Å². The lowest BCUT2D eigenvalue weighted by molar-refractivity contribution is -0.137. The van der Waals surface area contributed by atoms with Crippen molar-refractivity contribution in [3.05, 3.63) is 28.0 Å². The normalized spacial score (nSPS) is 16.6. The third-order valence-electron chi connectivity index (χ3n) is 3.16. The first kappa shape index (κ1) is 12.4. The molecule has 3 nitrogen and oxygen atoms in total. The molecule has 0 atom stereocenters. The largest absolute Gasteiger partial charge is 0.495 e. The fraction of sp³-hybridized carbons (Fsp3) is 0.417. The number of benzene rings is 1. The van der Waals surface area contributed by atoms with Crippen molar-refractivity contribution in [3.8, 4) is 5.75 Å². The number of hydrogen-bond acceptors (Lipinski definition) is 2. The summed E-state index contributed by atoms with van der Waals surface area (Å²) in [6.07, 6.45) is 1.41. The Labute approximate surface area is 107 Å². The predicted octanol–water partition coefficient (Wildman–Crippen LogP) is 3.10. The Hall–Kier alpha value is -1.10. The number of carboxylic acid groups (broad SMARTS) is 1. The van der Waals surface area contributed by atoms with Gasteiger partial charge in [-0.25, -0.2) is 4.39 Å². The average Bonchev–Trinajstić information content (AvgIpc) is 3.00. The topological polar surface area (TPSA) is 46.5 Å². The average molecular weight is 303 g/mol. The maximum atomic E-state index is 13.9. The molecule has 1 aromatic carbocycles. The molecule has 1 aliphatic rings. The fourth-order valence-electron chi connectivity index (χ4n) is 2.07. The summed E-state index contributed by atoms with van der Waals surface area (Å²) in [5.41, 5.74) is -0.0578. The maximum absolute atomic E-state index is 13.9. The molecule has 1 N–H and O–H groups in total. The minimum Gasteiger partial charge on any atom is -0.495 e. The molecule has 1 aliphatic carbocycles. The summed E-state index contributed by atoms with van der Waals surface area (Å²) in [5.74, 6) is -0.880. The van der Waals surface area contributed by atoms with Crippen molar-refractivity contribution in [1.29, 1.82) is 0 Å². The molecule has 1 saturated carbocycles. The highest BCUT2D eigenvalue weighted by Crippen LogP contribution is 2.53. The van der Waals surface area contributed by atoms with Crippen LogP contribution in [0.2, 0.25) is 0 Å². The molecule has 0 aromatic heterocycles. The van der Waals surface area contributed by atoms with Gasteiger partial charge in [0.1, 0.15) is 11.6 Å². The van der Waals surface area contributed by atoms with E-state index in [4.69, 9.17) is 9.84 Å². The number of ether oxygens (including phenoxy) is 1. The first-order chi connectivity index (χ1) is 7.98. The van der Waals surface area contributed by atoms with E-state index in [1.807, 2.05) is 0 Å². The number of rotatable bonds is 4. The summed E-state index contributed by atoms with van der Waals surface area (Å²) in [4.78, 5) is 10.8. The molecule has 17 heavy (non-hydrogen) atoms. The van der Waals surface area contributed by atoms with E-state index in [-0.39, 0.29) is 6.42 Å². The first-order valence-corrected chi connectivity index (χ1v) is 6.03. The molecule has 92 valence electrons. The molecule has 0 spiro atoms. The second-order valence-corrected chi connectivity index (χ2v) is 5.17. The summed E-state index contributed by atoms with van der Waals surface area (Å²) in [6.45, 7) is 0. The number of halogens is 2. The van der Waals surface area contributed by atoms with Gasteiger partial charge >= 0.3 is 5.97 Å². The molecule has 0 unspecified atom stereocenters. The van der Waals surface area contributed by atoms with E-state index in [0.717, 1.165) is 12.8 Å². The molecule has 0 aliphatic heterocycles. The Bertz CT molecular complexity index is 469. The molecular weight excluding hydrogens is 291 g/mol. The Kier molecular flexibility index (Phi) is 3.12. The highest BCUT2D eigenvalue weighted by Gasteiger charge is 2.47. The minimum absolute atomic E-state index is 0.0251. The van der Waals surface area contributed by atoms with Gasteiger partial charge in [-0.15, -0.1) is 0 Å². The van der Waals surface area contributed by atoms with E-state index < -0.39 is 17.2 Å². The number of aliphatic carboxylic acids is 1. The molecule has 1 aromatic rings. The molecule has 0 amide bonds. The second-order valence-electron chi connectivity index (χ2n) is 4.32. The number of methoxy groups -OCH3 is 1. The molecule has 5 heteroatoms. The zero-order valence-corrected chi connectivity index (χ0v) is 10.9. The van der Waals surface area contributed by atoms with Crippen LogP contribution in [-0.4, -0.2) is 18.2 Å². The van der Waals surface area contributed by atoms with Gasteiger partial charge in [0.2, 0.25) is 0 Å². The lowest BCUT2D eigenvalue weighted by Gasteiger charge is -2.16. The minimum atomic E-state index is -0.895. The zero-order valence-electron chi connectivity index (χ0n) is 9.30. The summed E-state index contributed by atoms with van der Waals surface area (Å²) < 4.78 is 19.5. The molecule has 0 bridgehead atoms. The lowest BCUT2D eigenvalue weighted by Crippen LogP contribution is -2.15.